The molecule has 2 aliphatic rings. The maximum absolute atomic E-state index is 3.75. The highest BCUT2D eigenvalue weighted by molar-refractivity contribution is 9.10. The van der Waals surface area contributed by atoms with Gasteiger partial charge in [-0.15, -0.1) is 0 Å². The fraction of sp³-hybridized carbons (Fsp3) is 0.625. The molecule has 1 heterocycles. The fourth-order valence-corrected chi connectivity index (χ4v) is 3.92. The van der Waals surface area contributed by atoms with Gasteiger partial charge in [0.15, 0.2) is 0 Å². The molecule has 3 heteroatoms. The summed E-state index contributed by atoms with van der Waals surface area (Å²) in [4.78, 5) is 2.54. The van der Waals surface area contributed by atoms with Gasteiger partial charge < -0.3 is 10.2 Å². The Balaban J connectivity index is 1.67. The Morgan fingerprint density at radius 2 is 2.00 bits per heavy atom. The minimum absolute atomic E-state index is 0.688. The maximum atomic E-state index is 3.75. The summed E-state index contributed by atoms with van der Waals surface area (Å²) in [6, 6.07) is 9.39. The summed E-state index contributed by atoms with van der Waals surface area (Å²) in [7, 11) is 0. The summed E-state index contributed by atoms with van der Waals surface area (Å²) in [5, 5.41) is 3.75. The average molecular weight is 323 g/mol. The molecular weight excluding hydrogens is 300 g/mol. The molecule has 2 fully saturated rings. The van der Waals surface area contributed by atoms with Crippen LogP contribution in [0.5, 0.6) is 0 Å². The smallest absolute Gasteiger partial charge is 0.0378 e. The molecule has 104 valence electrons. The highest BCUT2D eigenvalue weighted by Crippen LogP contribution is 2.29. The minimum atomic E-state index is 0.688. The van der Waals surface area contributed by atoms with Crippen LogP contribution in [0, 0.1) is 5.92 Å². The number of anilines is 1. The molecule has 0 amide bonds. The van der Waals surface area contributed by atoms with Crippen LogP contribution in [0.1, 0.15) is 32.1 Å². The molecule has 2 nitrogen and oxygen atoms in total. The molecule has 1 aromatic carbocycles. The average Bonchev–Trinajstić information content (AvgIpc) is 2.48. The SMILES string of the molecule is Brc1cccc(N2CCNC(C3CCCCC3)C2)c1. The van der Waals surface area contributed by atoms with Gasteiger partial charge in [-0.25, -0.2) is 0 Å². The summed E-state index contributed by atoms with van der Waals surface area (Å²) in [5.74, 6) is 0.892. The Morgan fingerprint density at radius 1 is 1.16 bits per heavy atom. The number of nitrogens with zero attached hydrogens (tertiary/aromatic N) is 1. The van der Waals surface area contributed by atoms with Crippen molar-refractivity contribution in [1.29, 1.82) is 0 Å². The van der Waals surface area contributed by atoms with Crippen molar-refractivity contribution in [1.82, 2.24) is 5.32 Å². The van der Waals surface area contributed by atoms with Gasteiger partial charge in [0.2, 0.25) is 0 Å². The van der Waals surface area contributed by atoms with Crippen LogP contribution in [0.15, 0.2) is 28.7 Å². The Bertz CT molecular complexity index is 415. The van der Waals surface area contributed by atoms with E-state index in [2.05, 4.69) is 50.4 Å². The second-order valence-electron chi connectivity index (χ2n) is 5.88. The quantitative estimate of drug-likeness (QED) is 0.890. The number of rotatable bonds is 2. The summed E-state index contributed by atoms with van der Waals surface area (Å²) < 4.78 is 1.18. The molecule has 1 saturated heterocycles. The van der Waals surface area contributed by atoms with E-state index in [1.807, 2.05) is 0 Å². The van der Waals surface area contributed by atoms with Crippen molar-refractivity contribution in [2.75, 3.05) is 24.5 Å². The zero-order valence-electron chi connectivity index (χ0n) is 11.4. The van der Waals surface area contributed by atoms with Crippen molar-refractivity contribution in [2.24, 2.45) is 5.92 Å². The summed E-state index contributed by atoms with van der Waals surface area (Å²) in [6.07, 6.45) is 7.14. The Labute approximate surface area is 124 Å². The van der Waals surface area contributed by atoms with Crippen molar-refractivity contribution in [3.63, 3.8) is 0 Å². The zero-order chi connectivity index (χ0) is 13.1. The molecule has 3 rings (SSSR count). The lowest BCUT2D eigenvalue weighted by Gasteiger charge is -2.40. The van der Waals surface area contributed by atoms with E-state index in [1.165, 1.54) is 48.8 Å². The van der Waals surface area contributed by atoms with Gasteiger partial charge in [-0.3, -0.25) is 0 Å². The Morgan fingerprint density at radius 3 is 2.79 bits per heavy atom. The van der Waals surface area contributed by atoms with E-state index in [9.17, 15) is 0 Å². The number of hydrogen-bond acceptors (Lipinski definition) is 2. The second-order valence-corrected chi connectivity index (χ2v) is 6.80. The lowest BCUT2D eigenvalue weighted by atomic mass is 9.83. The van der Waals surface area contributed by atoms with Gasteiger partial charge >= 0.3 is 0 Å². The van der Waals surface area contributed by atoms with E-state index < -0.39 is 0 Å². The molecule has 0 aromatic heterocycles. The number of nitrogens with one attached hydrogen (secondary N) is 1. The Kier molecular flexibility index (Phi) is 4.44. The van der Waals surface area contributed by atoms with Crippen molar-refractivity contribution in [3.05, 3.63) is 28.7 Å². The normalized spacial score (nSPS) is 25.5. The van der Waals surface area contributed by atoms with Gasteiger partial charge in [0.25, 0.3) is 0 Å². The summed E-state index contributed by atoms with van der Waals surface area (Å²) >= 11 is 3.58. The first-order valence-corrected chi connectivity index (χ1v) is 8.36. The monoisotopic (exact) mass is 322 g/mol. The topological polar surface area (TPSA) is 15.3 Å². The first-order valence-electron chi connectivity index (χ1n) is 7.57. The van der Waals surface area contributed by atoms with Crippen LogP contribution in [0.3, 0.4) is 0 Å². The van der Waals surface area contributed by atoms with Crippen LogP contribution >= 0.6 is 15.9 Å². The molecule has 1 aliphatic carbocycles. The maximum Gasteiger partial charge on any atom is 0.0378 e. The lowest BCUT2D eigenvalue weighted by molar-refractivity contribution is 0.257. The van der Waals surface area contributed by atoms with Crippen molar-refractivity contribution < 1.29 is 0 Å². The number of halogens is 1. The molecular formula is C16H23BrN2. The molecule has 0 spiro atoms. The van der Waals surface area contributed by atoms with Gasteiger partial charge in [0, 0.05) is 35.8 Å². The lowest BCUT2D eigenvalue weighted by Crippen LogP contribution is -2.54. The van der Waals surface area contributed by atoms with Gasteiger partial charge in [-0.05, 0) is 37.0 Å². The van der Waals surface area contributed by atoms with E-state index >= 15 is 0 Å². The molecule has 1 unspecified atom stereocenters. The van der Waals surface area contributed by atoms with Gasteiger partial charge in [-0.1, -0.05) is 41.3 Å². The number of hydrogen-bond donors (Lipinski definition) is 1. The number of piperazine rings is 1. The van der Waals surface area contributed by atoms with E-state index in [0.717, 1.165) is 19.0 Å². The molecule has 1 atom stereocenters. The van der Waals surface area contributed by atoms with Crippen LogP contribution in [0.25, 0.3) is 0 Å². The highest BCUT2D eigenvalue weighted by atomic mass is 79.9. The van der Waals surface area contributed by atoms with Crippen LogP contribution in [0.2, 0.25) is 0 Å². The van der Waals surface area contributed by atoms with E-state index in [1.54, 1.807) is 0 Å². The predicted molar refractivity (Wildman–Crippen MR) is 84.7 cm³/mol. The number of benzene rings is 1. The van der Waals surface area contributed by atoms with Crippen LogP contribution in [0.4, 0.5) is 5.69 Å². The fourth-order valence-electron chi connectivity index (χ4n) is 3.54. The van der Waals surface area contributed by atoms with Crippen LogP contribution in [-0.4, -0.2) is 25.7 Å². The van der Waals surface area contributed by atoms with Crippen molar-refractivity contribution in [3.8, 4) is 0 Å². The molecule has 0 radical (unpaired) electrons. The minimum Gasteiger partial charge on any atom is -0.369 e. The third-order valence-corrected chi connectivity index (χ3v) is 5.09. The van der Waals surface area contributed by atoms with Crippen LogP contribution < -0.4 is 10.2 Å². The van der Waals surface area contributed by atoms with Gasteiger partial charge in [0.1, 0.15) is 0 Å². The van der Waals surface area contributed by atoms with Crippen molar-refractivity contribution >= 4 is 21.6 Å². The first-order chi connectivity index (χ1) is 9.33. The first kappa shape index (κ1) is 13.4. The molecule has 1 N–H and O–H groups in total. The molecule has 1 aliphatic heterocycles. The molecule has 1 aromatic rings. The van der Waals surface area contributed by atoms with E-state index in [0.29, 0.717) is 6.04 Å². The second kappa shape index (κ2) is 6.27. The van der Waals surface area contributed by atoms with Crippen molar-refractivity contribution in [2.45, 2.75) is 38.1 Å². The van der Waals surface area contributed by atoms with E-state index in [4.69, 9.17) is 0 Å². The van der Waals surface area contributed by atoms with Crippen LogP contribution in [-0.2, 0) is 0 Å². The highest BCUT2D eigenvalue weighted by Gasteiger charge is 2.28. The summed E-state index contributed by atoms with van der Waals surface area (Å²) in [5.41, 5.74) is 1.36. The molecule has 1 saturated carbocycles. The van der Waals surface area contributed by atoms with Gasteiger partial charge in [-0.2, -0.15) is 0 Å². The Hall–Kier alpha value is -0.540. The van der Waals surface area contributed by atoms with Gasteiger partial charge in [0.05, 0.1) is 0 Å². The summed E-state index contributed by atoms with van der Waals surface area (Å²) in [6.45, 7) is 3.41. The molecule has 19 heavy (non-hydrogen) atoms. The third kappa shape index (κ3) is 3.32. The third-order valence-electron chi connectivity index (χ3n) is 4.60. The zero-order valence-corrected chi connectivity index (χ0v) is 13.0. The molecule has 0 bridgehead atoms. The van der Waals surface area contributed by atoms with E-state index in [-0.39, 0.29) is 0 Å². The predicted octanol–water partition coefficient (Wildman–Crippen LogP) is 3.81. The largest absolute Gasteiger partial charge is 0.369 e. The standard InChI is InChI=1S/C16H23BrN2/c17-14-7-4-8-15(11-14)19-10-9-18-16(12-19)13-5-2-1-3-6-13/h4,7-8,11,13,16,18H,1-3,5-6,9-10,12H2.